The van der Waals surface area contributed by atoms with Crippen LogP contribution >= 0.6 is 0 Å². The molecule has 0 aromatic heterocycles. The number of benzene rings is 1. The molecule has 4 atom stereocenters. The Morgan fingerprint density at radius 1 is 1.30 bits per heavy atom. The number of aliphatic hydroxyl groups is 1. The minimum atomic E-state index is -0.188. The zero-order valence-electron chi connectivity index (χ0n) is 12.0. The average molecular weight is 273 g/mol. The summed E-state index contributed by atoms with van der Waals surface area (Å²) in [6.45, 7) is 1.10. The summed E-state index contributed by atoms with van der Waals surface area (Å²) in [5, 5.41) is 20.5. The lowest BCUT2D eigenvalue weighted by Crippen LogP contribution is -2.63. The van der Waals surface area contributed by atoms with Crippen LogP contribution in [-0.2, 0) is 11.8 Å². The number of piperidine rings is 1. The zero-order valence-corrected chi connectivity index (χ0v) is 12.0. The van der Waals surface area contributed by atoms with Gasteiger partial charge in [-0.2, -0.15) is 0 Å². The third-order valence-corrected chi connectivity index (χ3v) is 6.13. The van der Waals surface area contributed by atoms with E-state index in [0.717, 1.165) is 38.6 Å². The Labute approximate surface area is 120 Å². The molecule has 1 aromatic carbocycles. The average Bonchev–Trinajstić information content (AvgIpc) is 2.44. The molecule has 0 spiro atoms. The molecule has 3 nitrogen and oxygen atoms in total. The molecule has 0 amide bonds. The van der Waals surface area contributed by atoms with Gasteiger partial charge in [0.15, 0.2) is 0 Å². The Kier molecular flexibility index (Phi) is 2.67. The van der Waals surface area contributed by atoms with Gasteiger partial charge in [-0.15, -0.1) is 0 Å². The summed E-state index contributed by atoms with van der Waals surface area (Å²) >= 11 is 0. The predicted octanol–water partition coefficient (Wildman–Crippen LogP) is 2.05. The van der Waals surface area contributed by atoms with Crippen molar-refractivity contribution in [3.63, 3.8) is 0 Å². The summed E-state index contributed by atoms with van der Waals surface area (Å²) in [4.78, 5) is 2.44. The molecule has 1 saturated heterocycles. The Morgan fingerprint density at radius 2 is 2.15 bits per heavy atom. The van der Waals surface area contributed by atoms with Crippen molar-refractivity contribution in [2.45, 2.75) is 49.7 Å². The Morgan fingerprint density at radius 3 is 3.00 bits per heavy atom. The van der Waals surface area contributed by atoms with E-state index in [-0.39, 0.29) is 11.5 Å². The van der Waals surface area contributed by atoms with Crippen molar-refractivity contribution in [2.24, 2.45) is 5.92 Å². The second-order valence-electron chi connectivity index (χ2n) is 6.99. The number of rotatable bonds is 0. The molecule has 1 aromatic rings. The fourth-order valence-electron chi connectivity index (χ4n) is 5.24. The number of hydrogen-bond acceptors (Lipinski definition) is 3. The number of aliphatic hydroxyl groups excluding tert-OH is 1. The minimum absolute atomic E-state index is 0.0984. The van der Waals surface area contributed by atoms with E-state index in [1.807, 2.05) is 12.1 Å². The van der Waals surface area contributed by atoms with Crippen molar-refractivity contribution in [2.75, 3.05) is 13.6 Å². The summed E-state index contributed by atoms with van der Waals surface area (Å²) in [5.74, 6) is 0.707. The first-order valence-corrected chi connectivity index (χ1v) is 7.82. The highest BCUT2D eigenvalue weighted by Gasteiger charge is 2.56. The van der Waals surface area contributed by atoms with Crippen LogP contribution in [0.5, 0.6) is 5.75 Å². The van der Waals surface area contributed by atoms with E-state index in [9.17, 15) is 10.2 Å². The van der Waals surface area contributed by atoms with E-state index in [0.29, 0.717) is 17.7 Å². The first kappa shape index (κ1) is 12.7. The van der Waals surface area contributed by atoms with Crippen LogP contribution < -0.4 is 0 Å². The van der Waals surface area contributed by atoms with E-state index < -0.39 is 0 Å². The van der Waals surface area contributed by atoms with E-state index in [1.54, 1.807) is 0 Å². The monoisotopic (exact) mass is 273 g/mol. The standard InChI is InChI=1S/C17H23NO2/c1-18-8-7-17-6-2-3-15(20)16(17)14(18)9-11-4-5-12(19)10-13(11)17/h4-5,10,14-16,19-20H,2-3,6-9H2,1H3. The molecule has 2 fully saturated rings. The topological polar surface area (TPSA) is 43.7 Å². The van der Waals surface area contributed by atoms with Gasteiger partial charge in [-0.05, 0) is 69.0 Å². The lowest BCUT2D eigenvalue weighted by Gasteiger charge is -2.59. The number of phenols is 1. The summed E-state index contributed by atoms with van der Waals surface area (Å²) in [5.41, 5.74) is 2.80. The van der Waals surface area contributed by atoms with E-state index in [1.165, 1.54) is 11.1 Å². The first-order chi connectivity index (χ1) is 9.62. The van der Waals surface area contributed by atoms with Crippen LogP contribution in [0.2, 0.25) is 0 Å². The molecule has 3 aliphatic rings. The number of likely N-dealkylation sites (N-methyl/N-ethyl adjacent to an activating group) is 1. The number of phenolic OH excluding ortho intramolecular Hbond substituents is 1. The molecular formula is C17H23NO2. The van der Waals surface area contributed by atoms with Gasteiger partial charge in [-0.1, -0.05) is 6.07 Å². The van der Waals surface area contributed by atoms with Crippen LogP contribution in [0.3, 0.4) is 0 Å². The quantitative estimate of drug-likeness (QED) is 0.760. The Hall–Kier alpha value is -1.06. The molecule has 108 valence electrons. The molecule has 0 radical (unpaired) electrons. The van der Waals surface area contributed by atoms with Crippen LogP contribution in [0.25, 0.3) is 0 Å². The van der Waals surface area contributed by atoms with Gasteiger partial charge in [0.1, 0.15) is 5.75 Å². The number of hydrogen-bond donors (Lipinski definition) is 2. The molecule has 1 saturated carbocycles. The van der Waals surface area contributed by atoms with Crippen LogP contribution in [0.15, 0.2) is 18.2 Å². The highest BCUT2D eigenvalue weighted by Crippen LogP contribution is 2.55. The van der Waals surface area contributed by atoms with Crippen LogP contribution in [0, 0.1) is 5.92 Å². The summed E-state index contributed by atoms with van der Waals surface area (Å²) < 4.78 is 0. The van der Waals surface area contributed by atoms with Crippen molar-refractivity contribution < 1.29 is 10.2 Å². The van der Waals surface area contributed by atoms with Crippen LogP contribution in [0.1, 0.15) is 36.8 Å². The fraction of sp³-hybridized carbons (Fsp3) is 0.647. The van der Waals surface area contributed by atoms with Crippen molar-refractivity contribution in [1.29, 1.82) is 0 Å². The van der Waals surface area contributed by atoms with Gasteiger partial charge in [0.25, 0.3) is 0 Å². The van der Waals surface area contributed by atoms with Gasteiger partial charge in [-0.25, -0.2) is 0 Å². The molecule has 1 heterocycles. The SMILES string of the molecule is CN1CCC23CCCC(O)C2C1Cc1ccc(O)cc13. The largest absolute Gasteiger partial charge is 0.508 e. The predicted molar refractivity (Wildman–Crippen MR) is 77.9 cm³/mol. The molecule has 4 rings (SSSR count). The summed E-state index contributed by atoms with van der Waals surface area (Å²) in [7, 11) is 2.20. The van der Waals surface area contributed by atoms with E-state index in [2.05, 4.69) is 18.0 Å². The third kappa shape index (κ3) is 1.54. The van der Waals surface area contributed by atoms with Gasteiger partial charge in [0, 0.05) is 17.4 Å². The Balaban J connectivity index is 1.92. The third-order valence-electron chi connectivity index (χ3n) is 6.13. The fourth-order valence-corrected chi connectivity index (χ4v) is 5.24. The zero-order chi connectivity index (χ0) is 13.9. The van der Waals surface area contributed by atoms with Crippen molar-refractivity contribution in [3.05, 3.63) is 29.3 Å². The maximum Gasteiger partial charge on any atom is 0.115 e. The smallest absolute Gasteiger partial charge is 0.115 e. The summed E-state index contributed by atoms with van der Waals surface area (Å²) in [6, 6.07) is 6.33. The van der Waals surface area contributed by atoms with Gasteiger partial charge in [-0.3, -0.25) is 0 Å². The first-order valence-electron chi connectivity index (χ1n) is 7.82. The molecule has 2 N–H and O–H groups in total. The van der Waals surface area contributed by atoms with Crippen LogP contribution in [-0.4, -0.2) is 40.9 Å². The second kappa shape index (κ2) is 4.22. The number of aromatic hydroxyl groups is 1. The van der Waals surface area contributed by atoms with Crippen molar-refractivity contribution >= 4 is 0 Å². The maximum atomic E-state index is 10.6. The number of likely N-dealkylation sites (tertiary alicyclic amines) is 1. The number of nitrogens with zero attached hydrogens (tertiary/aromatic N) is 1. The summed E-state index contributed by atoms with van der Waals surface area (Å²) in [6.07, 6.45) is 5.13. The molecule has 1 aliphatic heterocycles. The Bertz CT molecular complexity index is 544. The molecule has 3 heteroatoms. The highest BCUT2D eigenvalue weighted by molar-refractivity contribution is 5.45. The molecular weight excluding hydrogens is 250 g/mol. The molecule has 20 heavy (non-hydrogen) atoms. The minimum Gasteiger partial charge on any atom is -0.508 e. The van der Waals surface area contributed by atoms with Crippen molar-refractivity contribution in [1.82, 2.24) is 4.90 Å². The van der Waals surface area contributed by atoms with E-state index >= 15 is 0 Å². The maximum absolute atomic E-state index is 10.6. The lowest BCUT2D eigenvalue weighted by atomic mass is 9.51. The molecule has 2 bridgehead atoms. The van der Waals surface area contributed by atoms with Gasteiger partial charge < -0.3 is 15.1 Å². The second-order valence-corrected chi connectivity index (χ2v) is 6.99. The van der Waals surface area contributed by atoms with Crippen molar-refractivity contribution in [3.8, 4) is 5.75 Å². The van der Waals surface area contributed by atoms with Gasteiger partial charge in [0.2, 0.25) is 0 Å². The molecule has 4 unspecified atom stereocenters. The van der Waals surface area contributed by atoms with E-state index in [4.69, 9.17) is 0 Å². The normalized spacial score (nSPS) is 40.0. The molecule has 2 aliphatic carbocycles. The highest BCUT2D eigenvalue weighted by atomic mass is 16.3. The van der Waals surface area contributed by atoms with Crippen LogP contribution in [0.4, 0.5) is 0 Å². The lowest BCUT2D eigenvalue weighted by molar-refractivity contribution is -0.0747. The van der Waals surface area contributed by atoms with Gasteiger partial charge >= 0.3 is 0 Å². The van der Waals surface area contributed by atoms with Gasteiger partial charge in [0.05, 0.1) is 6.10 Å². The number of fused-ring (bicyclic) bond motifs is 1.